The molecule has 1 unspecified atom stereocenters. The first-order chi connectivity index (χ1) is 14.2. The normalized spacial score (nSPS) is 15.9. The Morgan fingerprint density at radius 2 is 1.86 bits per heavy atom. The molecule has 0 spiro atoms. The third kappa shape index (κ3) is 4.96. The van der Waals surface area contributed by atoms with Gasteiger partial charge in [-0.25, -0.2) is 0 Å². The van der Waals surface area contributed by atoms with Crippen molar-refractivity contribution in [3.05, 3.63) is 95.6 Å². The van der Waals surface area contributed by atoms with Gasteiger partial charge in [0, 0.05) is 30.4 Å². The molecule has 4 nitrogen and oxygen atoms in total. The zero-order valence-corrected chi connectivity index (χ0v) is 16.7. The summed E-state index contributed by atoms with van der Waals surface area (Å²) in [5.74, 6) is 0.777. The Morgan fingerprint density at radius 3 is 2.69 bits per heavy atom. The Kier molecular flexibility index (Phi) is 5.80. The molecule has 1 aliphatic rings. The fourth-order valence-electron chi connectivity index (χ4n) is 3.70. The number of hydrogen-bond acceptors (Lipinski definition) is 3. The van der Waals surface area contributed by atoms with Crippen LogP contribution in [0.3, 0.4) is 0 Å². The number of likely N-dealkylation sites (tertiary alicyclic amines) is 1. The molecule has 0 saturated carbocycles. The summed E-state index contributed by atoms with van der Waals surface area (Å²) < 4.78 is 5.92. The molecule has 1 atom stereocenters. The standard InChI is InChI=1S/C25H26N2O2/c1-19-7-5-8-20(15-19)18-29-24-12-6-9-21(16-24)25(28)27-14-13-23(17-27)26-22-10-3-2-4-11-22/h2-12,15-16,23,26H,13-14,17-18H2,1H3. The summed E-state index contributed by atoms with van der Waals surface area (Å²) in [4.78, 5) is 14.9. The highest BCUT2D eigenvalue weighted by Crippen LogP contribution is 2.21. The second-order valence-corrected chi connectivity index (χ2v) is 7.55. The maximum absolute atomic E-state index is 13.0. The van der Waals surface area contributed by atoms with Gasteiger partial charge < -0.3 is 15.0 Å². The van der Waals surface area contributed by atoms with Gasteiger partial charge in [-0.2, -0.15) is 0 Å². The van der Waals surface area contributed by atoms with E-state index in [4.69, 9.17) is 4.74 Å². The molecule has 0 aliphatic carbocycles. The van der Waals surface area contributed by atoms with Crippen LogP contribution in [0.15, 0.2) is 78.9 Å². The van der Waals surface area contributed by atoms with Crippen molar-refractivity contribution in [2.45, 2.75) is 26.0 Å². The van der Waals surface area contributed by atoms with Gasteiger partial charge in [-0.05, 0) is 49.2 Å². The van der Waals surface area contributed by atoms with Gasteiger partial charge in [-0.3, -0.25) is 4.79 Å². The second kappa shape index (κ2) is 8.82. The number of carbonyl (C=O) groups excluding carboxylic acids is 1. The molecule has 1 aliphatic heterocycles. The number of anilines is 1. The summed E-state index contributed by atoms with van der Waals surface area (Å²) in [6, 6.07) is 26.2. The highest BCUT2D eigenvalue weighted by atomic mass is 16.5. The summed E-state index contributed by atoms with van der Waals surface area (Å²) in [7, 11) is 0. The third-order valence-electron chi connectivity index (χ3n) is 5.19. The number of hydrogen-bond donors (Lipinski definition) is 1. The molecule has 1 N–H and O–H groups in total. The maximum atomic E-state index is 13.0. The molecule has 148 valence electrons. The van der Waals surface area contributed by atoms with Gasteiger partial charge in [-0.15, -0.1) is 0 Å². The van der Waals surface area contributed by atoms with Crippen molar-refractivity contribution in [2.24, 2.45) is 0 Å². The van der Waals surface area contributed by atoms with E-state index in [0.717, 1.165) is 30.0 Å². The zero-order valence-electron chi connectivity index (χ0n) is 16.7. The lowest BCUT2D eigenvalue weighted by Crippen LogP contribution is -2.31. The van der Waals surface area contributed by atoms with Gasteiger partial charge in [0.05, 0.1) is 0 Å². The summed E-state index contributed by atoms with van der Waals surface area (Å²) in [6.45, 7) is 4.03. The minimum Gasteiger partial charge on any atom is -0.489 e. The van der Waals surface area contributed by atoms with Crippen LogP contribution < -0.4 is 10.1 Å². The molecular weight excluding hydrogens is 360 g/mol. The van der Waals surface area contributed by atoms with E-state index < -0.39 is 0 Å². The minimum absolute atomic E-state index is 0.0587. The molecule has 3 aromatic rings. The molecule has 4 heteroatoms. The Hall–Kier alpha value is -3.27. The molecule has 3 aromatic carbocycles. The first-order valence-corrected chi connectivity index (χ1v) is 10.1. The fraction of sp³-hybridized carbons (Fsp3) is 0.240. The molecule has 0 radical (unpaired) electrons. The molecule has 4 rings (SSSR count). The molecule has 1 saturated heterocycles. The number of aryl methyl sites for hydroxylation is 1. The summed E-state index contributed by atoms with van der Waals surface area (Å²) in [5.41, 5.74) is 4.10. The van der Waals surface area contributed by atoms with Crippen molar-refractivity contribution in [3.8, 4) is 5.75 Å². The number of benzene rings is 3. The SMILES string of the molecule is Cc1cccc(COc2cccc(C(=O)N3CCC(Nc4ccccc4)C3)c2)c1. The summed E-state index contributed by atoms with van der Waals surface area (Å²) >= 11 is 0. The quantitative estimate of drug-likeness (QED) is 0.655. The van der Waals surface area contributed by atoms with E-state index in [-0.39, 0.29) is 11.9 Å². The minimum atomic E-state index is 0.0587. The summed E-state index contributed by atoms with van der Waals surface area (Å²) in [5, 5.41) is 3.51. The van der Waals surface area contributed by atoms with Gasteiger partial charge in [0.15, 0.2) is 0 Å². The third-order valence-corrected chi connectivity index (χ3v) is 5.19. The van der Waals surface area contributed by atoms with Crippen molar-refractivity contribution < 1.29 is 9.53 Å². The lowest BCUT2D eigenvalue weighted by Gasteiger charge is -2.18. The van der Waals surface area contributed by atoms with E-state index in [0.29, 0.717) is 18.7 Å². The monoisotopic (exact) mass is 386 g/mol. The van der Waals surface area contributed by atoms with Gasteiger partial charge in [0.2, 0.25) is 0 Å². The second-order valence-electron chi connectivity index (χ2n) is 7.55. The highest BCUT2D eigenvalue weighted by Gasteiger charge is 2.27. The first-order valence-electron chi connectivity index (χ1n) is 10.1. The Labute approximate surface area is 172 Å². The number of nitrogens with one attached hydrogen (secondary N) is 1. The molecule has 0 bridgehead atoms. The predicted octanol–water partition coefficient (Wildman–Crippen LogP) is 4.90. The number of para-hydroxylation sites is 1. The van der Waals surface area contributed by atoms with E-state index >= 15 is 0 Å². The van der Waals surface area contributed by atoms with Crippen LogP contribution in [0.25, 0.3) is 0 Å². The van der Waals surface area contributed by atoms with E-state index in [1.54, 1.807) is 0 Å². The number of amides is 1. The molecule has 1 fully saturated rings. The van der Waals surface area contributed by atoms with Gasteiger partial charge >= 0.3 is 0 Å². The molecule has 1 heterocycles. The van der Waals surface area contributed by atoms with Crippen molar-refractivity contribution in [2.75, 3.05) is 18.4 Å². The Balaban J connectivity index is 1.36. The molecule has 0 aromatic heterocycles. The molecule has 1 amide bonds. The van der Waals surface area contributed by atoms with E-state index in [1.807, 2.05) is 59.5 Å². The number of nitrogens with zero attached hydrogens (tertiary/aromatic N) is 1. The van der Waals surface area contributed by atoms with Crippen LogP contribution in [-0.2, 0) is 6.61 Å². The molecular formula is C25H26N2O2. The van der Waals surface area contributed by atoms with Gasteiger partial charge in [0.25, 0.3) is 5.91 Å². The highest BCUT2D eigenvalue weighted by molar-refractivity contribution is 5.94. The average Bonchev–Trinajstić information content (AvgIpc) is 3.21. The predicted molar refractivity (Wildman–Crippen MR) is 116 cm³/mol. The number of ether oxygens (including phenoxy) is 1. The lowest BCUT2D eigenvalue weighted by molar-refractivity contribution is 0.0791. The van der Waals surface area contributed by atoms with Crippen molar-refractivity contribution in [1.82, 2.24) is 4.90 Å². The smallest absolute Gasteiger partial charge is 0.254 e. The van der Waals surface area contributed by atoms with Crippen LogP contribution in [-0.4, -0.2) is 29.9 Å². The lowest BCUT2D eigenvalue weighted by atomic mass is 10.1. The maximum Gasteiger partial charge on any atom is 0.254 e. The van der Waals surface area contributed by atoms with Crippen molar-refractivity contribution in [3.63, 3.8) is 0 Å². The van der Waals surface area contributed by atoms with Gasteiger partial charge in [0.1, 0.15) is 12.4 Å². The van der Waals surface area contributed by atoms with E-state index in [1.165, 1.54) is 5.56 Å². The Bertz CT molecular complexity index is 971. The Morgan fingerprint density at radius 1 is 1.03 bits per heavy atom. The van der Waals surface area contributed by atoms with Crippen LogP contribution in [0.2, 0.25) is 0 Å². The number of rotatable bonds is 6. The van der Waals surface area contributed by atoms with Gasteiger partial charge in [-0.1, -0.05) is 54.1 Å². The largest absolute Gasteiger partial charge is 0.489 e. The summed E-state index contributed by atoms with van der Waals surface area (Å²) in [6.07, 6.45) is 0.949. The van der Waals surface area contributed by atoms with Crippen molar-refractivity contribution >= 4 is 11.6 Å². The van der Waals surface area contributed by atoms with Crippen LogP contribution >= 0.6 is 0 Å². The van der Waals surface area contributed by atoms with Crippen LogP contribution in [0.4, 0.5) is 5.69 Å². The fourth-order valence-corrected chi connectivity index (χ4v) is 3.70. The molecule has 29 heavy (non-hydrogen) atoms. The topological polar surface area (TPSA) is 41.6 Å². The van der Waals surface area contributed by atoms with Crippen LogP contribution in [0.5, 0.6) is 5.75 Å². The number of carbonyl (C=O) groups is 1. The van der Waals surface area contributed by atoms with E-state index in [9.17, 15) is 4.79 Å². The van der Waals surface area contributed by atoms with Crippen LogP contribution in [0, 0.1) is 6.92 Å². The van der Waals surface area contributed by atoms with E-state index in [2.05, 4.69) is 36.5 Å². The average molecular weight is 386 g/mol. The zero-order chi connectivity index (χ0) is 20.1. The van der Waals surface area contributed by atoms with Crippen molar-refractivity contribution in [1.29, 1.82) is 0 Å². The first kappa shape index (κ1) is 19.1. The van der Waals surface area contributed by atoms with Crippen LogP contribution in [0.1, 0.15) is 27.9 Å².